The predicted molar refractivity (Wildman–Crippen MR) is 24.9 cm³/mol. The summed E-state index contributed by atoms with van der Waals surface area (Å²) in [5.41, 5.74) is 0. The van der Waals surface area contributed by atoms with Gasteiger partial charge in [0.2, 0.25) is 0 Å². The summed E-state index contributed by atoms with van der Waals surface area (Å²) >= 11 is 0. The Morgan fingerprint density at radius 3 is 1.60 bits per heavy atom. The van der Waals surface area contributed by atoms with Gasteiger partial charge in [0, 0.05) is 6.61 Å². The number of hydrogen-bond donors (Lipinski definition) is 2. The van der Waals surface area contributed by atoms with Crippen molar-refractivity contribution >= 4 is 10.5 Å². The molecule has 2 N–H and O–H groups in total. The lowest BCUT2D eigenvalue weighted by Gasteiger charge is -1.52. The van der Waals surface area contributed by atoms with Gasteiger partial charge in [-0.15, -0.1) is 0 Å². The van der Waals surface area contributed by atoms with Crippen LogP contribution in [0.3, 0.4) is 0 Å². The molecule has 0 saturated heterocycles. The molecule has 0 aromatic carbocycles. The van der Waals surface area contributed by atoms with Crippen LogP contribution in [0.1, 0.15) is 6.92 Å². The van der Waals surface area contributed by atoms with Crippen LogP contribution >= 0.6 is 0 Å². The first-order valence-electron chi connectivity index (χ1n) is 1.47. The quantitative estimate of drug-likeness (QED) is 0.350. The molecule has 0 fully saturated rings. The van der Waals surface area contributed by atoms with Gasteiger partial charge in [0.15, 0.2) is 0 Å². The molecular formula is C2H10O2Si. The molecule has 0 atom stereocenters. The molecule has 0 aromatic heterocycles. The van der Waals surface area contributed by atoms with Gasteiger partial charge >= 0.3 is 0 Å². The van der Waals surface area contributed by atoms with Crippen molar-refractivity contribution in [3.8, 4) is 0 Å². The standard InChI is InChI=1S/C2H6O.H4OSi/c1-2-3;1-2/h3H,2H2,1H3;1H,2H3. The van der Waals surface area contributed by atoms with Crippen molar-refractivity contribution in [3.63, 3.8) is 0 Å². The fourth-order valence-electron chi connectivity index (χ4n) is 0. The second-order valence-corrected chi connectivity index (χ2v) is 0.316. The first kappa shape index (κ1) is 8.93. The Hall–Kier alpha value is 0.137. The predicted octanol–water partition coefficient (Wildman–Crippen LogP) is -1.74. The number of hydrogen-bond acceptors (Lipinski definition) is 2. The topological polar surface area (TPSA) is 40.5 Å². The average Bonchev–Trinajstić information content (AvgIpc) is 1.46. The van der Waals surface area contributed by atoms with Crippen molar-refractivity contribution in [3.05, 3.63) is 0 Å². The van der Waals surface area contributed by atoms with Crippen LogP contribution in [0.15, 0.2) is 0 Å². The monoisotopic (exact) mass is 94.0 g/mol. The Morgan fingerprint density at radius 1 is 1.60 bits per heavy atom. The first-order valence-corrected chi connectivity index (χ1v) is 2.36. The van der Waals surface area contributed by atoms with Gasteiger partial charge < -0.3 is 9.90 Å². The zero-order valence-corrected chi connectivity index (χ0v) is 5.60. The molecule has 0 heterocycles. The van der Waals surface area contributed by atoms with E-state index in [1.807, 2.05) is 0 Å². The molecule has 0 aliphatic rings. The van der Waals surface area contributed by atoms with Crippen molar-refractivity contribution in [2.75, 3.05) is 6.61 Å². The van der Waals surface area contributed by atoms with E-state index in [-0.39, 0.29) is 6.61 Å². The van der Waals surface area contributed by atoms with Crippen LogP contribution in [0.4, 0.5) is 0 Å². The molecule has 3 heteroatoms. The lowest BCUT2D eigenvalue weighted by molar-refractivity contribution is 0.318. The number of rotatable bonds is 0. The molecule has 0 radical (unpaired) electrons. The minimum absolute atomic E-state index is 0.250. The maximum Gasteiger partial charge on any atom is 0.141 e. The van der Waals surface area contributed by atoms with Crippen molar-refractivity contribution in [2.45, 2.75) is 6.92 Å². The van der Waals surface area contributed by atoms with Gasteiger partial charge in [0.25, 0.3) is 0 Å². The number of aliphatic hydroxyl groups excluding tert-OH is 1. The first-order chi connectivity index (χ1) is 2.41. The number of aliphatic hydroxyl groups is 1. The molecule has 0 aliphatic carbocycles. The lowest BCUT2D eigenvalue weighted by Crippen LogP contribution is -1.57. The largest absolute Gasteiger partial charge is 0.442 e. The smallest absolute Gasteiger partial charge is 0.141 e. The van der Waals surface area contributed by atoms with E-state index in [1.54, 1.807) is 6.92 Å². The van der Waals surface area contributed by atoms with Crippen molar-refractivity contribution in [1.29, 1.82) is 0 Å². The Bertz CT molecular complexity index is 7.61. The Morgan fingerprint density at radius 2 is 1.60 bits per heavy atom. The van der Waals surface area contributed by atoms with Gasteiger partial charge in [-0.05, 0) is 6.92 Å². The molecule has 0 saturated carbocycles. The highest BCUT2D eigenvalue weighted by atomic mass is 28.2. The van der Waals surface area contributed by atoms with E-state index >= 15 is 0 Å². The van der Waals surface area contributed by atoms with E-state index in [9.17, 15) is 0 Å². The summed E-state index contributed by atoms with van der Waals surface area (Å²) in [6, 6.07) is 0. The van der Waals surface area contributed by atoms with E-state index in [4.69, 9.17) is 9.90 Å². The van der Waals surface area contributed by atoms with Crippen molar-refractivity contribution in [2.24, 2.45) is 0 Å². The molecule has 0 bridgehead atoms. The summed E-state index contributed by atoms with van der Waals surface area (Å²) in [5.74, 6) is 0. The Balaban J connectivity index is 0. The van der Waals surface area contributed by atoms with Crippen molar-refractivity contribution < 1.29 is 9.90 Å². The zero-order valence-electron chi connectivity index (χ0n) is 3.60. The Labute approximate surface area is 35.0 Å². The van der Waals surface area contributed by atoms with E-state index in [1.165, 1.54) is 0 Å². The van der Waals surface area contributed by atoms with E-state index < -0.39 is 0 Å². The summed E-state index contributed by atoms with van der Waals surface area (Å²) in [4.78, 5) is 7.14. The highest BCUT2D eigenvalue weighted by Crippen LogP contribution is 1.30. The third-order valence-corrected chi connectivity index (χ3v) is 0. The highest BCUT2D eigenvalue weighted by Gasteiger charge is 1.34. The van der Waals surface area contributed by atoms with Crippen LogP contribution in [0.25, 0.3) is 0 Å². The molecule has 0 amide bonds. The van der Waals surface area contributed by atoms with Crippen LogP contribution in [0, 0.1) is 0 Å². The molecule has 0 aliphatic heterocycles. The zero-order chi connectivity index (χ0) is 4.71. The van der Waals surface area contributed by atoms with Gasteiger partial charge in [-0.25, -0.2) is 0 Å². The molecule has 2 nitrogen and oxygen atoms in total. The molecule has 34 valence electrons. The molecular weight excluding hydrogens is 84.1 g/mol. The van der Waals surface area contributed by atoms with Crippen LogP contribution in [-0.2, 0) is 0 Å². The summed E-state index contributed by atoms with van der Waals surface area (Å²) in [6.07, 6.45) is 0. The lowest BCUT2D eigenvalue weighted by atomic mass is 10.9. The third kappa shape index (κ3) is 1010. The van der Waals surface area contributed by atoms with Crippen LogP contribution in [0.5, 0.6) is 0 Å². The van der Waals surface area contributed by atoms with Gasteiger partial charge in [-0.1, -0.05) is 0 Å². The van der Waals surface area contributed by atoms with Gasteiger partial charge in [0.05, 0.1) is 0 Å². The normalized spacial score (nSPS) is 5.40. The van der Waals surface area contributed by atoms with Crippen molar-refractivity contribution in [1.82, 2.24) is 0 Å². The molecule has 0 unspecified atom stereocenters. The molecule has 5 heavy (non-hydrogen) atoms. The SMILES string of the molecule is CCO.O[SiH3]. The fraction of sp³-hybridized carbons (Fsp3) is 1.00. The van der Waals surface area contributed by atoms with E-state index in [0.717, 1.165) is 0 Å². The summed E-state index contributed by atoms with van der Waals surface area (Å²) in [7, 11) is 0.306. The van der Waals surface area contributed by atoms with Crippen LogP contribution in [-0.4, -0.2) is 27.0 Å². The third-order valence-electron chi connectivity index (χ3n) is 0. The van der Waals surface area contributed by atoms with E-state index in [2.05, 4.69) is 0 Å². The van der Waals surface area contributed by atoms with Crippen LogP contribution in [0.2, 0.25) is 0 Å². The van der Waals surface area contributed by atoms with Crippen LogP contribution < -0.4 is 0 Å². The maximum absolute atomic E-state index is 7.57. The van der Waals surface area contributed by atoms with Gasteiger partial charge in [0.1, 0.15) is 10.5 Å². The Kier molecular flexibility index (Phi) is 56.3. The summed E-state index contributed by atoms with van der Waals surface area (Å²) < 4.78 is 0. The molecule has 0 rings (SSSR count). The maximum atomic E-state index is 7.57. The second-order valence-electron chi connectivity index (χ2n) is 0.316. The highest BCUT2D eigenvalue weighted by molar-refractivity contribution is 5.95. The van der Waals surface area contributed by atoms with Gasteiger partial charge in [-0.3, -0.25) is 0 Å². The summed E-state index contributed by atoms with van der Waals surface area (Å²) in [5, 5.41) is 7.57. The summed E-state index contributed by atoms with van der Waals surface area (Å²) in [6.45, 7) is 1.93. The average molecular weight is 94.2 g/mol. The van der Waals surface area contributed by atoms with E-state index in [0.29, 0.717) is 10.5 Å². The fourth-order valence-corrected chi connectivity index (χ4v) is 0. The minimum Gasteiger partial charge on any atom is -0.442 e. The molecule has 0 aromatic rings. The second kappa shape index (κ2) is 31.5. The van der Waals surface area contributed by atoms with Gasteiger partial charge in [-0.2, -0.15) is 0 Å². The minimum atomic E-state index is 0.250. The molecule has 0 spiro atoms.